The molecule has 2 unspecified atom stereocenters. The molecule has 0 aliphatic carbocycles. The Morgan fingerprint density at radius 3 is 2.14 bits per heavy atom. The van der Waals surface area contributed by atoms with Crippen molar-refractivity contribution in [2.45, 2.75) is 120 Å². The molecule has 133 valence electrons. The molecule has 0 aromatic heterocycles. The number of rotatable bonds is 16. The van der Waals surface area contributed by atoms with Gasteiger partial charge in [-0.1, -0.05) is 103 Å². The second-order valence-corrected chi connectivity index (χ2v) is 10.3. The lowest BCUT2D eigenvalue weighted by Crippen LogP contribution is -2.15. The van der Waals surface area contributed by atoms with E-state index < -0.39 is 0 Å². The van der Waals surface area contributed by atoms with E-state index in [9.17, 15) is 0 Å². The van der Waals surface area contributed by atoms with Crippen LogP contribution in [-0.4, -0.2) is 9.15 Å². The minimum Gasteiger partial charge on any atom is -0.0891 e. The van der Waals surface area contributed by atoms with Crippen LogP contribution in [0.4, 0.5) is 0 Å². The number of hydrogen-bond acceptors (Lipinski definition) is 0. The van der Waals surface area contributed by atoms with E-state index in [1.807, 2.05) is 0 Å². The highest BCUT2D eigenvalue weighted by Crippen LogP contribution is 2.31. The molecule has 0 saturated heterocycles. The molecule has 0 heterocycles. The molecule has 0 aromatic carbocycles. The van der Waals surface area contributed by atoms with Crippen molar-refractivity contribution in [1.82, 2.24) is 0 Å². The summed E-state index contributed by atoms with van der Waals surface area (Å²) in [5.41, 5.74) is 0. The molecular formula is C20H39Br2. The second-order valence-electron chi connectivity index (χ2n) is 7.09. The molecular weight excluding hydrogens is 400 g/mol. The molecule has 0 aliphatic rings. The Balaban J connectivity index is 3.50. The molecule has 22 heavy (non-hydrogen) atoms. The first kappa shape index (κ1) is 23.0. The maximum absolute atomic E-state index is 3.94. The van der Waals surface area contributed by atoms with Crippen LogP contribution in [0.3, 0.4) is 0 Å². The minimum atomic E-state index is 0.321. The summed E-state index contributed by atoms with van der Waals surface area (Å²) in [4.78, 5) is 0.718. The fraction of sp³-hybridized carbons (Fsp3) is 0.950. The Hall–Kier alpha value is 0.960. The van der Waals surface area contributed by atoms with Crippen LogP contribution < -0.4 is 0 Å². The van der Waals surface area contributed by atoms with Gasteiger partial charge in [0.1, 0.15) is 0 Å². The molecule has 0 aliphatic heterocycles. The lowest BCUT2D eigenvalue weighted by atomic mass is 9.95. The van der Waals surface area contributed by atoms with E-state index in [0.717, 1.165) is 4.83 Å². The zero-order valence-electron chi connectivity index (χ0n) is 15.3. The van der Waals surface area contributed by atoms with Gasteiger partial charge in [0.25, 0.3) is 0 Å². The van der Waals surface area contributed by atoms with E-state index >= 15 is 0 Å². The Kier molecular flexibility index (Phi) is 16.2. The molecule has 0 N–H and O–H groups in total. The third-order valence-electron chi connectivity index (χ3n) is 4.43. The average Bonchev–Trinajstić information content (AvgIpc) is 2.47. The highest BCUT2D eigenvalue weighted by molar-refractivity contribution is 9.10. The Bertz CT molecular complexity index is 226. The van der Waals surface area contributed by atoms with Crippen LogP contribution in [0, 0.1) is 6.42 Å². The maximum atomic E-state index is 3.94. The van der Waals surface area contributed by atoms with Crippen molar-refractivity contribution in [3.05, 3.63) is 6.42 Å². The van der Waals surface area contributed by atoms with Gasteiger partial charge in [-0.15, -0.1) is 0 Å². The normalized spacial score (nSPS) is 15.7. The van der Waals surface area contributed by atoms with Crippen molar-refractivity contribution >= 4 is 31.9 Å². The minimum absolute atomic E-state index is 0.321. The van der Waals surface area contributed by atoms with Gasteiger partial charge in [0.05, 0.1) is 0 Å². The third kappa shape index (κ3) is 15.8. The highest BCUT2D eigenvalue weighted by atomic mass is 79.9. The molecule has 0 aromatic rings. The molecule has 0 spiro atoms. The predicted molar refractivity (Wildman–Crippen MR) is 110 cm³/mol. The van der Waals surface area contributed by atoms with Gasteiger partial charge in [0.2, 0.25) is 0 Å². The lowest BCUT2D eigenvalue weighted by molar-refractivity contribution is 0.513. The number of halogens is 2. The van der Waals surface area contributed by atoms with Crippen molar-refractivity contribution in [2.24, 2.45) is 0 Å². The molecule has 0 amide bonds. The largest absolute Gasteiger partial charge is 0.0891 e. The van der Waals surface area contributed by atoms with E-state index in [0.29, 0.717) is 4.32 Å². The fourth-order valence-electron chi connectivity index (χ4n) is 2.84. The van der Waals surface area contributed by atoms with Gasteiger partial charge in [-0.25, -0.2) is 0 Å². The summed E-state index contributed by atoms with van der Waals surface area (Å²) in [5.74, 6) is 0. The Morgan fingerprint density at radius 1 is 0.864 bits per heavy atom. The number of unbranched alkanes of at least 4 members (excludes halogenated alkanes) is 8. The van der Waals surface area contributed by atoms with Gasteiger partial charge in [-0.05, 0) is 45.4 Å². The molecule has 2 atom stereocenters. The molecule has 1 radical (unpaired) electrons. The monoisotopic (exact) mass is 437 g/mol. The van der Waals surface area contributed by atoms with Crippen LogP contribution in [0.25, 0.3) is 0 Å². The average molecular weight is 439 g/mol. The molecule has 0 rings (SSSR count). The first-order valence-electron chi connectivity index (χ1n) is 9.66. The summed E-state index contributed by atoms with van der Waals surface area (Å²) in [6.07, 6.45) is 21.4. The summed E-state index contributed by atoms with van der Waals surface area (Å²) >= 11 is 7.77. The summed E-state index contributed by atoms with van der Waals surface area (Å²) in [6.45, 7) is 6.92. The van der Waals surface area contributed by atoms with Gasteiger partial charge in [-0.2, -0.15) is 0 Å². The van der Waals surface area contributed by atoms with Crippen molar-refractivity contribution < 1.29 is 0 Å². The first-order valence-corrected chi connectivity index (χ1v) is 11.4. The van der Waals surface area contributed by atoms with Gasteiger partial charge in [0, 0.05) is 9.15 Å². The zero-order valence-corrected chi connectivity index (χ0v) is 18.5. The van der Waals surface area contributed by atoms with E-state index in [1.165, 1.54) is 89.9 Å². The molecule has 0 bridgehead atoms. The van der Waals surface area contributed by atoms with E-state index in [4.69, 9.17) is 0 Å². The molecule has 0 nitrogen and oxygen atoms in total. The first-order chi connectivity index (χ1) is 10.5. The van der Waals surface area contributed by atoms with E-state index in [1.54, 1.807) is 0 Å². The topological polar surface area (TPSA) is 0 Å². The summed E-state index contributed by atoms with van der Waals surface area (Å²) in [7, 11) is 0. The molecule has 2 heteroatoms. The zero-order chi connectivity index (χ0) is 16.7. The highest BCUT2D eigenvalue weighted by Gasteiger charge is 2.19. The van der Waals surface area contributed by atoms with Crippen LogP contribution in [0.15, 0.2) is 0 Å². The van der Waals surface area contributed by atoms with Crippen LogP contribution in [0.2, 0.25) is 0 Å². The smallest absolute Gasteiger partial charge is 0.0232 e. The van der Waals surface area contributed by atoms with Crippen LogP contribution in [0.1, 0.15) is 111 Å². The van der Waals surface area contributed by atoms with E-state index in [-0.39, 0.29) is 0 Å². The third-order valence-corrected chi connectivity index (χ3v) is 6.06. The summed E-state index contributed by atoms with van der Waals surface area (Å²) < 4.78 is 0.321. The quantitative estimate of drug-likeness (QED) is 0.167. The summed E-state index contributed by atoms with van der Waals surface area (Å²) in [6, 6.07) is 0. The van der Waals surface area contributed by atoms with Crippen molar-refractivity contribution in [3.63, 3.8) is 0 Å². The SMILES string of the molecule is CCCCCCCCC(C)(Br)C[CH]CCC(Br)CCCCC. The van der Waals surface area contributed by atoms with Gasteiger partial charge in [0.15, 0.2) is 0 Å². The van der Waals surface area contributed by atoms with Gasteiger partial charge < -0.3 is 0 Å². The van der Waals surface area contributed by atoms with E-state index in [2.05, 4.69) is 59.1 Å². The number of hydrogen-bond donors (Lipinski definition) is 0. The maximum Gasteiger partial charge on any atom is 0.0232 e. The Labute approximate surface area is 157 Å². The standard InChI is InChI=1S/C20H39Br2/c1-4-6-8-9-10-13-17-20(3,22)18-14-12-16-19(21)15-11-7-5-2/h14,19H,4-13,15-18H2,1-3H3. The van der Waals surface area contributed by atoms with Crippen molar-refractivity contribution in [3.8, 4) is 0 Å². The van der Waals surface area contributed by atoms with Crippen LogP contribution in [-0.2, 0) is 0 Å². The van der Waals surface area contributed by atoms with Gasteiger partial charge >= 0.3 is 0 Å². The van der Waals surface area contributed by atoms with Crippen molar-refractivity contribution in [1.29, 1.82) is 0 Å². The predicted octanol–water partition coefficient (Wildman–Crippen LogP) is 8.61. The lowest BCUT2D eigenvalue weighted by Gasteiger charge is -2.22. The summed E-state index contributed by atoms with van der Waals surface area (Å²) in [5, 5.41) is 0. The van der Waals surface area contributed by atoms with Crippen molar-refractivity contribution in [2.75, 3.05) is 0 Å². The fourth-order valence-corrected chi connectivity index (χ4v) is 3.94. The Morgan fingerprint density at radius 2 is 1.45 bits per heavy atom. The second kappa shape index (κ2) is 15.5. The molecule has 0 saturated carbocycles. The van der Waals surface area contributed by atoms with Crippen LogP contribution >= 0.6 is 31.9 Å². The molecule has 0 fully saturated rings. The number of alkyl halides is 2. The van der Waals surface area contributed by atoms with Gasteiger partial charge in [-0.3, -0.25) is 0 Å². The van der Waals surface area contributed by atoms with Crippen LogP contribution in [0.5, 0.6) is 0 Å².